The number of amides is 1. The summed E-state index contributed by atoms with van der Waals surface area (Å²) >= 11 is 0. The number of benzene rings is 1. The highest BCUT2D eigenvalue weighted by molar-refractivity contribution is 5.93. The first-order chi connectivity index (χ1) is 17.2. The van der Waals surface area contributed by atoms with E-state index in [4.69, 9.17) is 4.74 Å². The molecule has 1 aliphatic heterocycles. The Kier molecular flexibility index (Phi) is 7.47. The molecule has 0 unspecified atom stereocenters. The van der Waals surface area contributed by atoms with Gasteiger partial charge in [0.05, 0.1) is 36.4 Å². The third-order valence-electron chi connectivity index (χ3n) is 5.51. The molecule has 1 aromatic carbocycles. The fourth-order valence-corrected chi connectivity index (χ4v) is 3.75. The van der Waals surface area contributed by atoms with Crippen LogP contribution in [0.5, 0.6) is 5.75 Å². The predicted octanol–water partition coefficient (Wildman–Crippen LogP) is 4.52. The van der Waals surface area contributed by atoms with Crippen molar-refractivity contribution in [2.24, 2.45) is 4.99 Å². The molecule has 2 aromatic heterocycles. The Hall–Kier alpha value is -4.02. The molecule has 0 fully saturated rings. The lowest BCUT2D eigenvalue weighted by atomic mass is 10.0. The van der Waals surface area contributed by atoms with Crippen LogP contribution in [0.15, 0.2) is 53.7 Å². The molecule has 0 saturated heterocycles. The van der Waals surface area contributed by atoms with Gasteiger partial charge in [0.15, 0.2) is 0 Å². The summed E-state index contributed by atoms with van der Waals surface area (Å²) < 4.78 is 59.8. The molecule has 1 amide bonds. The Labute approximate surface area is 204 Å². The first-order valence-electron chi connectivity index (χ1n) is 11.2. The summed E-state index contributed by atoms with van der Waals surface area (Å²) in [5, 5.41) is 5.83. The number of nitrogens with zero attached hydrogens (tertiary/aromatic N) is 3. The smallest absolute Gasteiger partial charge is 0.417 e. The number of aromatic nitrogens is 2. The number of pyridine rings is 2. The second-order valence-corrected chi connectivity index (χ2v) is 8.09. The van der Waals surface area contributed by atoms with Crippen molar-refractivity contribution in [1.29, 1.82) is 0 Å². The number of methoxy groups -OCH3 is 1. The number of alkyl halides is 3. The molecular formula is C25H23F4N5O2. The van der Waals surface area contributed by atoms with Gasteiger partial charge in [-0.2, -0.15) is 13.2 Å². The summed E-state index contributed by atoms with van der Waals surface area (Å²) in [6.07, 6.45) is -1.59. The molecule has 4 rings (SSSR count). The molecule has 0 radical (unpaired) electrons. The normalized spacial score (nSPS) is 13.3. The summed E-state index contributed by atoms with van der Waals surface area (Å²) in [4.78, 5) is 25.6. The standard InChI is InChI=1S/C25H23F4N5O2/c1-36-18-6-8-30-17(12-18)14-33-24(35)22-10-15(13-32-23-3-2-7-31-23)9-21(34-22)19-5-4-16(26)11-20(19)25(27,28)29/h4-6,8-12H,2-3,7,13-14H2,1H3,(H,31,32)(H,33,35). The topological polar surface area (TPSA) is 88.5 Å². The van der Waals surface area contributed by atoms with Crippen LogP contribution < -0.4 is 15.4 Å². The van der Waals surface area contributed by atoms with Gasteiger partial charge < -0.3 is 15.4 Å². The molecule has 2 N–H and O–H groups in total. The van der Waals surface area contributed by atoms with Crippen molar-refractivity contribution in [3.8, 4) is 17.0 Å². The molecule has 0 aliphatic carbocycles. The number of hydrogen-bond acceptors (Lipinski definition) is 6. The van der Waals surface area contributed by atoms with E-state index in [2.05, 4.69) is 25.6 Å². The quantitative estimate of drug-likeness (QED) is 0.465. The maximum absolute atomic E-state index is 13.7. The molecule has 1 aliphatic rings. The van der Waals surface area contributed by atoms with Crippen molar-refractivity contribution in [3.63, 3.8) is 0 Å². The van der Waals surface area contributed by atoms with Gasteiger partial charge in [0.1, 0.15) is 17.3 Å². The molecule has 0 atom stereocenters. The van der Waals surface area contributed by atoms with Crippen LogP contribution in [0.1, 0.15) is 40.2 Å². The van der Waals surface area contributed by atoms with Crippen LogP contribution >= 0.6 is 0 Å². The first kappa shape index (κ1) is 25.1. The monoisotopic (exact) mass is 501 g/mol. The third-order valence-corrected chi connectivity index (χ3v) is 5.51. The Bertz CT molecular complexity index is 1290. The summed E-state index contributed by atoms with van der Waals surface area (Å²) in [6, 6.07) is 8.62. The average Bonchev–Trinajstić information content (AvgIpc) is 3.39. The van der Waals surface area contributed by atoms with E-state index in [0.29, 0.717) is 29.6 Å². The number of aliphatic imine (C=N–C) groups is 1. The zero-order valence-electron chi connectivity index (χ0n) is 19.3. The van der Waals surface area contributed by atoms with E-state index < -0.39 is 23.5 Å². The molecule has 3 aromatic rings. The van der Waals surface area contributed by atoms with Crippen LogP contribution in [-0.2, 0) is 19.3 Å². The summed E-state index contributed by atoms with van der Waals surface area (Å²) in [7, 11) is 1.50. The van der Waals surface area contributed by atoms with Gasteiger partial charge in [-0.05, 0) is 48.4 Å². The molecule has 7 nitrogen and oxygen atoms in total. The number of ether oxygens (including phenoxy) is 1. The largest absolute Gasteiger partial charge is 0.497 e. The number of hydrogen-bond donors (Lipinski definition) is 2. The summed E-state index contributed by atoms with van der Waals surface area (Å²) in [5.74, 6) is -0.265. The lowest BCUT2D eigenvalue weighted by molar-refractivity contribution is -0.137. The average molecular weight is 501 g/mol. The Morgan fingerprint density at radius 2 is 1.94 bits per heavy atom. The van der Waals surface area contributed by atoms with Gasteiger partial charge in [-0.1, -0.05) is 0 Å². The number of halogens is 4. The Morgan fingerprint density at radius 1 is 1.11 bits per heavy atom. The molecular weight excluding hydrogens is 478 g/mol. The highest BCUT2D eigenvalue weighted by Gasteiger charge is 2.34. The van der Waals surface area contributed by atoms with Crippen molar-refractivity contribution in [1.82, 2.24) is 20.6 Å². The number of carbonyl (C=O) groups is 1. The number of amidine groups is 1. The van der Waals surface area contributed by atoms with Gasteiger partial charge in [0.2, 0.25) is 0 Å². The number of nitrogens with one attached hydrogen (secondary N) is 2. The Balaban J connectivity index is 1.66. The minimum atomic E-state index is -4.81. The zero-order chi connectivity index (χ0) is 25.7. The molecule has 11 heteroatoms. The lowest BCUT2D eigenvalue weighted by Crippen LogP contribution is -2.25. The van der Waals surface area contributed by atoms with Crippen molar-refractivity contribution in [2.75, 3.05) is 13.7 Å². The van der Waals surface area contributed by atoms with Crippen LogP contribution in [0.3, 0.4) is 0 Å². The maximum atomic E-state index is 13.7. The molecule has 0 saturated carbocycles. The van der Waals surface area contributed by atoms with Crippen molar-refractivity contribution < 1.29 is 27.1 Å². The highest BCUT2D eigenvalue weighted by atomic mass is 19.4. The van der Waals surface area contributed by atoms with Gasteiger partial charge in [0.25, 0.3) is 5.91 Å². The van der Waals surface area contributed by atoms with Gasteiger partial charge in [-0.25, -0.2) is 9.37 Å². The van der Waals surface area contributed by atoms with E-state index in [9.17, 15) is 22.4 Å². The summed E-state index contributed by atoms with van der Waals surface area (Å²) in [5.41, 5.74) is -0.632. The molecule has 188 valence electrons. The van der Waals surface area contributed by atoms with Crippen LogP contribution in [0.4, 0.5) is 17.6 Å². The van der Waals surface area contributed by atoms with Crippen LogP contribution in [0.25, 0.3) is 11.3 Å². The van der Waals surface area contributed by atoms with E-state index in [1.807, 2.05) is 0 Å². The highest BCUT2D eigenvalue weighted by Crippen LogP contribution is 2.37. The molecule has 3 heterocycles. The van der Waals surface area contributed by atoms with E-state index >= 15 is 0 Å². The molecule has 0 bridgehead atoms. The van der Waals surface area contributed by atoms with Crippen LogP contribution in [-0.4, -0.2) is 35.4 Å². The third kappa shape index (κ3) is 6.15. The minimum Gasteiger partial charge on any atom is -0.497 e. The van der Waals surface area contributed by atoms with Gasteiger partial charge in [0, 0.05) is 37.3 Å². The number of carbonyl (C=O) groups excluding carboxylic acids is 1. The van der Waals surface area contributed by atoms with Gasteiger partial charge in [-0.3, -0.25) is 14.8 Å². The van der Waals surface area contributed by atoms with E-state index in [1.165, 1.54) is 25.4 Å². The second kappa shape index (κ2) is 10.7. The van der Waals surface area contributed by atoms with E-state index in [0.717, 1.165) is 30.8 Å². The van der Waals surface area contributed by atoms with Gasteiger partial charge >= 0.3 is 6.18 Å². The summed E-state index contributed by atoms with van der Waals surface area (Å²) in [6.45, 7) is 0.992. The fraction of sp³-hybridized carbons (Fsp3) is 0.280. The molecule has 36 heavy (non-hydrogen) atoms. The van der Waals surface area contributed by atoms with Gasteiger partial charge in [-0.15, -0.1) is 0 Å². The van der Waals surface area contributed by atoms with E-state index in [1.54, 1.807) is 12.1 Å². The Morgan fingerprint density at radius 3 is 2.67 bits per heavy atom. The van der Waals surface area contributed by atoms with Crippen molar-refractivity contribution >= 4 is 11.7 Å². The zero-order valence-corrected chi connectivity index (χ0v) is 19.3. The maximum Gasteiger partial charge on any atom is 0.417 e. The minimum absolute atomic E-state index is 0.0523. The van der Waals surface area contributed by atoms with Crippen molar-refractivity contribution in [2.45, 2.75) is 32.1 Å². The van der Waals surface area contributed by atoms with Crippen LogP contribution in [0, 0.1) is 5.82 Å². The van der Waals surface area contributed by atoms with Crippen LogP contribution in [0.2, 0.25) is 0 Å². The van der Waals surface area contributed by atoms with Crippen molar-refractivity contribution in [3.05, 3.63) is 77.0 Å². The first-order valence-corrected chi connectivity index (χ1v) is 11.2. The lowest BCUT2D eigenvalue weighted by Gasteiger charge is -2.15. The van der Waals surface area contributed by atoms with E-state index in [-0.39, 0.29) is 30.0 Å². The SMILES string of the molecule is COc1ccnc(CNC(=O)c2cc(CNC3=NCCC3)cc(-c3ccc(F)cc3C(F)(F)F)n2)c1. The molecule has 0 spiro atoms. The second-order valence-electron chi connectivity index (χ2n) is 8.09. The fourth-order valence-electron chi connectivity index (χ4n) is 3.75. The predicted molar refractivity (Wildman–Crippen MR) is 125 cm³/mol. The number of rotatable bonds is 7.